The lowest BCUT2D eigenvalue weighted by Gasteiger charge is -2.44. The maximum absolute atomic E-state index is 10.6. The van der Waals surface area contributed by atoms with Gasteiger partial charge in [-0.05, 0) is 92.1 Å². The molecule has 0 spiro atoms. The summed E-state index contributed by atoms with van der Waals surface area (Å²) >= 11 is 0. The summed E-state index contributed by atoms with van der Waals surface area (Å²) in [6.07, 6.45) is 17.1. The predicted molar refractivity (Wildman–Crippen MR) is 138 cm³/mol. The average molecular weight is 459 g/mol. The van der Waals surface area contributed by atoms with E-state index in [9.17, 15) is 15.3 Å². The maximum Gasteiger partial charge on any atom is 0.0811 e. The molecule has 0 heterocycles. The summed E-state index contributed by atoms with van der Waals surface area (Å²) in [4.78, 5) is 0. The molecule has 0 bridgehead atoms. The highest BCUT2D eigenvalue weighted by molar-refractivity contribution is 5.38. The van der Waals surface area contributed by atoms with Crippen LogP contribution < -0.4 is 0 Å². The van der Waals surface area contributed by atoms with Crippen LogP contribution in [0.3, 0.4) is 0 Å². The quantitative estimate of drug-likeness (QED) is 0.330. The van der Waals surface area contributed by atoms with Crippen LogP contribution in [0.25, 0.3) is 0 Å². The Morgan fingerprint density at radius 1 is 1.15 bits per heavy atom. The third-order valence-electron chi connectivity index (χ3n) is 9.86. The van der Waals surface area contributed by atoms with Gasteiger partial charge in [0, 0.05) is 6.42 Å². The van der Waals surface area contributed by atoms with Gasteiger partial charge in [-0.1, -0.05) is 71.3 Å². The molecule has 3 aliphatic rings. The largest absolute Gasteiger partial charge is 0.393 e. The number of allylic oxidation sites excluding steroid dienone is 3. The number of aliphatic hydroxyl groups excluding tert-OH is 2. The summed E-state index contributed by atoms with van der Waals surface area (Å²) in [6, 6.07) is 0. The number of rotatable bonds is 9. The van der Waals surface area contributed by atoms with Crippen molar-refractivity contribution in [3.63, 3.8) is 0 Å². The van der Waals surface area contributed by atoms with Crippen molar-refractivity contribution in [1.82, 2.24) is 0 Å². The minimum Gasteiger partial charge on any atom is -0.393 e. The van der Waals surface area contributed by atoms with Gasteiger partial charge in [0.15, 0.2) is 0 Å². The molecule has 0 saturated heterocycles. The number of hydrogen-bond acceptors (Lipinski definition) is 3. The van der Waals surface area contributed by atoms with E-state index in [0.29, 0.717) is 24.2 Å². The Labute approximate surface area is 203 Å². The first-order chi connectivity index (χ1) is 15.6. The van der Waals surface area contributed by atoms with Gasteiger partial charge in [0.25, 0.3) is 0 Å². The standard InChI is InChI=1S/C30H50O3/c1-6-30(33,7-2)18-9-8-11-21(3)26-15-16-27-23(12-10-17-29(26,27)5)13-14-24-19-25(31)20-28(32)22(24)4/h13-14,21,25-28,31-33H,4,6-12,15-20H2,1-3,5H3/t21-,25+,26+,27-,28-,29+/m0/s1. The van der Waals surface area contributed by atoms with E-state index < -0.39 is 17.8 Å². The molecule has 3 saturated carbocycles. The van der Waals surface area contributed by atoms with Crippen LogP contribution in [0.1, 0.15) is 111 Å². The topological polar surface area (TPSA) is 60.7 Å². The normalized spacial score (nSPS) is 36.4. The summed E-state index contributed by atoms with van der Waals surface area (Å²) < 4.78 is 0. The van der Waals surface area contributed by atoms with Crippen LogP contribution in [0.4, 0.5) is 0 Å². The molecule has 3 rings (SSSR count). The van der Waals surface area contributed by atoms with Crippen LogP contribution in [0, 0.1) is 23.2 Å². The van der Waals surface area contributed by atoms with Gasteiger partial charge in [-0.25, -0.2) is 0 Å². The third-order valence-corrected chi connectivity index (χ3v) is 9.86. The van der Waals surface area contributed by atoms with E-state index in [1.807, 2.05) is 0 Å². The van der Waals surface area contributed by atoms with Gasteiger partial charge >= 0.3 is 0 Å². The third kappa shape index (κ3) is 6.03. The second-order valence-electron chi connectivity index (χ2n) is 11.8. The fourth-order valence-corrected chi connectivity index (χ4v) is 7.40. The van der Waals surface area contributed by atoms with E-state index in [1.54, 1.807) is 5.57 Å². The van der Waals surface area contributed by atoms with E-state index >= 15 is 0 Å². The molecular weight excluding hydrogens is 408 g/mol. The van der Waals surface area contributed by atoms with E-state index in [4.69, 9.17) is 0 Å². The molecule has 0 aromatic heterocycles. The molecule has 3 N–H and O–H groups in total. The van der Waals surface area contributed by atoms with E-state index in [0.717, 1.165) is 48.7 Å². The summed E-state index contributed by atoms with van der Waals surface area (Å²) in [5.41, 5.74) is 3.30. The molecule has 3 nitrogen and oxygen atoms in total. The van der Waals surface area contributed by atoms with Gasteiger partial charge in [0.05, 0.1) is 17.8 Å². The zero-order valence-electron chi connectivity index (χ0n) is 21.8. The molecule has 0 amide bonds. The first-order valence-electron chi connectivity index (χ1n) is 13.8. The summed E-state index contributed by atoms with van der Waals surface area (Å²) in [5, 5.41) is 30.8. The van der Waals surface area contributed by atoms with Gasteiger partial charge in [0.1, 0.15) is 0 Å². The van der Waals surface area contributed by atoms with Crippen molar-refractivity contribution in [2.75, 3.05) is 0 Å². The highest BCUT2D eigenvalue weighted by atomic mass is 16.3. The number of fused-ring (bicyclic) bond motifs is 1. The lowest BCUT2D eigenvalue weighted by atomic mass is 9.60. The number of unbranched alkanes of at least 4 members (excludes halogenated alkanes) is 1. The van der Waals surface area contributed by atoms with Gasteiger partial charge in [-0.3, -0.25) is 0 Å². The lowest BCUT2D eigenvalue weighted by Crippen LogP contribution is -2.36. The smallest absolute Gasteiger partial charge is 0.0811 e. The zero-order chi connectivity index (χ0) is 24.2. The molecule has 3 fully saturated rings. The number of hydrogen-bond donors (Lipinski definition) is 3. The minimum atomic E-state index is -0.614. The van der Waals surface area contributed by atoms with Crippen LogP contribution in [-0.2, 0) is 0 Å². The highest BCUT2D eigenvalue weighted by Gasteiger charge is 2.50. The molecular formula is C30H50O3. The zero-order valence-corrected chi connectivity index (χ0v) is 21.8. The van der Waals surface area contributed by atoms with Gasteiger partial charge in [-0.15, -0.1) is 0 Å². The van der Waals surface area contributed by atoms with Crippen molar-refractivity contribution in [2.24, 2.45) is 23.2 Å². The van der Waals surface area contributed by atoms with Crippen molar-refractivity contribution in [2.45, 2.75) is 129 Å². The minimum absolute atomic E-state index is 0.387. The van der Waals surface area contributed by atoms with Crippen molar-refractivity contribution >= 4 is 0 Å². The SMILES string of the molecule is C=C1C(=CC=C2CCC[C@]3(C)[C@@H]([C@@H](C)CCCCC(O)(CC)CC)CC[C@@H]23)C[C@@H](O)C[C@@H]1O. The van der Waals surface area contributed by atoms with Crippen molar-refractivity contribution in [3.05, 3.63) is 35.5 Å². The lowest BCUT2D eigenvalue weighted by molar-refractivity contribution is 0.0202. The molecule has 3 aliphatic carbocycles. The Morgan fingerprint density at radius 2 is 1.88 bits per heavy atom. The summed E-state index contributed by atoms with van der Waals surface area (Å²) in [5.74, 6) is 2.17. The molecule has 6 atom stereocenters. The molecule has 0 radical (unpaired) electrons. The Balaban J connectivity index is 1.62. The molecule has 0 aromatic rings. The summed E-state index contributed by atoms with van der Waals surface area (Å²) in [7, 11) is 0. The Morgan fingerprint density at radius 3 is 2.58 bits per heavy atom. The maximum atomic E-state index is 10.6. The molecule has 0 aromatic carbocycles. The van der Waals surface area contributed by atoms with Crippen LogP contribution in [-0.4, -0.2) is 33.1 Å². The van der Waals surface area contributed by atoms with Crippen LogP contribution >= 0.6 is 0 Å². The van der Waals surface area contributed by atoms with Gasteiger partial charge in [0.2, 0.25) is 0 Å². The van der Waals surface area contributed by atoms with Gasteiger partial charge < -0.3 is 15.3 Å². The molecule has 0 unspecified atom stereocenters. The predicted octanol–water partition coefficient (Wildman–Crippen LogP) is 6.88. The Kier molecular flexibility index (Phi) is 9.08. The number of aliphatic hydroxyl groups is 3. The second-order valence-corrected chi connectivity index (χ2v) is 11.8. The van der Waals surface area contributed by atoms with E-state index in [-0.39, 0.29) is 0 Å². The average Bonchev–Trinajstić information content (AvgIpc) is 3.15. The molecule has 3 heteroatoms. The van der Waals surface area contributed by atoms with E-state index in [2.05, 4.69) is 46.4 Å². The van der Waals surface area contributed by atoms with Crippen molar-refractivity contribution < 1.29 is 15.3 Å². The molecule has 33 heavy (non-hydrogen) atoms. The van der Waals surface area contributed by atoms with Crippen molar-refractivity contribution in [1.29, 1.82) is 0 Å². The van der Waals surface area contributed by atoms with Crippen LogP contribution in [0.2, 0.25) is 0 Å². The van der Waals surface area contributed by atoms with Gasteiger partial charge in [-0.2, -0.15) is 0 Å². The monoisotopic (exact) mass is 458 g/mol. The Bertz CT molecular complexity index is 731. The second kappa shape index (κ2) is 11.2. The van der Waals surface area contributed by atoms with E-state index in [1.165, 1.54) is 44.9 Å². The van der Waals surface area contributed by atoms with Crippen LogP contribution in [0.5, 0.6) is 0 Å². The summed E-state index contributed by atoms with van der Waals surface area (Å²) in [6.45, 7) is 13.3. The molecule has 0 aliphatic heterocycles. The fraction of sp³-hybridized carbons (Fsp3) is 0.800. The fourth-order valence-electron chi connectivity index (χ4n) is 7.40. The first-order valence-corrected chi connectivity index (χ1v) is 13.8. The van der Waals surface area contributed by atoms with Crippen LogP contribution in [0.15, 0.2) is 35.5 Å². The molecule has 188 valence electrons. The van der Waals surface area contributed by atoms with Crippen molar-refractivity contribution in [3.8, 4) is 0 Å². The Hall–Kier alpha value is -0.900. The first kappa shape index (κ1) is 26.7. The highest BCUT2D eigenvalue weighted by Crippen LogP contribution is 2.60.